The van der Waals surface area contributed by atoms with E-state index in [0.717, 1.165) is 22.1 Å². The molecule has 0 radical (unpaired) electrons. The molecule has 0 saturated heterocycles. The van der Waals surface area contributed by atoms with Crippen molar-refractivity contribution in [2.75, 3.05) is 13.9 Å². The van der Waals surface area contributed by atoms with E-state index in [1.54, 1.807) is 13.2 Å². The van der Waals surface area contributed by atoms with Crippen molar-refractivity contribution >= 4 is 16.5 Å². The summed E-state index contributed by atoms with van der Waals surface area (Å²) < 4.78 is 15.8. The van der Waals surface area contributed by atoms with Crippen molar-refractivity contribution in [2.45, 2.75) is 0 Å². The minimum Gasteiger partial charge on any atom is -0.497 e. The first kappa shape index (κ1) is 14.3. The van der Waals surface area contributed by atoms with Crippen molar-refractivity contribution in [1.82, 2.24) is 0 Å². The lowest BCUT2D eigenvalue weighted by molar-refractivity contribution is -0.384. The molecule has 3 aromatic carbocycles. The van der Waals surface area contributed by atoms with Crippen LogP contribution in [0.4, 0.5) is 5.69 Å². The first-order valence-corrected chi connectivity index (χ1v) is 7.32. The summed E-state index contributed by atoms with van der Waals surface area (Å²) in [6.07, 6.45) is 0. The first-order valence-electron chi connectivity index (χ1n) is 7.32. The van der Waals surface area contributed by atoms with Crippen molar-refractivity contribution in [3.05, 3.63) is 58.6 Å². The van der Waals surface area contributed by atoms with E-state index in [9.17, 15) is 10.1 Å². The molecule has 1 aliphatic rings. The molecule has 0 aromatic heterocycles. The fourth-order valence-electron chi connectivity index (χ4n) is 2.83. The molecule has 0 fully saturated rings. The van der Waals surface area contributed by atoms with Crippen LogP contribution in [0.2, 0.25) is 0 Å². The van der Waals surface area contributed by atoms with Crippen LogP contribution in [0.1, 0.15) is 0 Å². The number of hydrogen-bond donors (Lipinski definition) is 0. The standard InChI is InChI=1S/C18H13NO5/c1-22-14-5-4-11-6-13(3-2-12(11)7-14)15-8-17-18(24-10-23-17)9-16(15)19(20)21/h2-9H,10H2,1H3. The van der Waals surface area contributed by atoms with Gasteiger partial charge < -0.3 is 14.2 Å². The van der Waals surface area contributed by atoms with Gasteiger partial charge >= 0.3 is 0 Å². The molecule has 0 atom stereocenters. The molecule has 0 aliphatic carbocycles. The number of nitro groups is 1. The Labute approximate surface area is 137 Å². The number of nitro benzene ring substituents is 1. The third-order valence-electron chi connectivity index (χ3n) is 4.05. The average Bonchev–Trinajstić information content (AvgIpc) is 3.07. The number of benzene rings is 3. The molecule has 0 saturated carbocycles. The molecular weight excluding hydrogens is 310 g/mol. The third-order valence-corrected chi connectivity index (χ3v) is 4.05. The second kappa shape index (κ2) is 5.42. The molecule has 24 heavy (non-hydrogen) atoms. The molecule has 0 spiro atoms. The van der Waals surface area contributed by atoms with Gasteiger partial charge in [-0.15, -0.1) is 0 Å². The highest BCUT2D eigenvalue weighted by molar-refractivity contribution is 5.90. The molecule has 3 aromatic rings. The predicted molar refractivity (Wildman–Crippen MR) is 88.7 cm³/mol. The van der Waals surface area contributed by atoms with E-state index in [4.69, 9.17) is 14.2 Å². The van der Waals surface area contributed by atoms with Crippen LogP contribution in [0, 0.1) is 10.1 Å². The van der Waals surface area contributed by atoms with Gasteiger partial charge in [-0.05, 0) is 40.6 Å². The monoisotopic (exact) mass is 323 g/mol. The number of methoxy groups -OCH3 is 1. The normalized spacial score (nSPS) is 12.4. The summed E-state index contributed by atoms with van der Waals surface area (Å²) in [6.45, 7) is 0.0768. The van der Waals surface area contributed by atoms with E-state index in [0.29, 0.717) is 17.1 Å². The van der Waals surface area contributed by atoms with Crippen LogP contribution >= 0.6 is 0 Å². The van der Waals surface area contributed by atoms with Gasteiger partial charge in [-0.1, -0.05) is 18.2 Å². The summed E-state index contributed by atoms with van der Waals surface area (Å²) in [4.78, 5) is 11.0. The molecule has 6 heteroatoms. The van der Waals surface area contributed by atoms with E-state index in [1.165, 1.54) is 6.07 Å². The zero-order valence-corrected chi connectivity index (χ0v) is 12.8. The van der Waals surface area contributed by atoms with Crippen molar-refractivity contribution in [1.29, 1.82) is 0 Å². The van der Waals surface area contributed by atoms with Crippen molar-refractivity contribution in [3.63, 3.8) is 0 Å². The van der Waals surface area contributed by atoms with Gasteiger partial charge in [0.15, 0.2) is 11.5 Å². The zero-order chi connectivity index (χ0) is 16.7. The second-order valence-electron chi connectivity index (χ2n) is 5.41. The quantitative estimate of drug-likeness (QED) is 0.535. The lowest BCUT2D eigenvalue weighted by Gasteiger charge is -2.08. The maximum atomic E-state index is 11.4. The van der Waals surface area contributed by atoms with Gasteiger partial charge in [-0.2, -0.15) is 0 Å². The molecule has 120 valence electrons. The molecule has 6 nitrogen and oxygen atoms in total. The SMILES string of the molecule is COc1ccc2cc(-c3cc4c(cc3[N+](=O)[O-])OCO4)ccc2c1. The van der Waals surface area contributed by atoms with Crippen LogP contribution in [-0.2, 0) is 0 Å². The van der Waals surface area contributed by atoms with Crippen molar-refractivity contribution < 1.29 is 19.1 Å². The smallest absolute Gasteiger partial charge is 0.281 e. The lowest BCUT2D eigenvalue weighted by atomic mass is 9.99. The van der Waals surface area contributed by atoms with Gasteiger partial charge in [0.25, 0.3) is 5.69 Å². The van der Waals surface area contributed by atoms with Crippen LogP contribution in [0.15, 0.2) is 48.5 Å². The number of rotatable bonds is 3. The van der Waals surface area contributed by atoms with Crippen molar-refractivity contribution in [2.24, 2.45) is 0 Å². The molecule has 0 bridgehead atoms. The number of ether oxygens (including phenoxy) is 3. The summed E-state index contributed by atoms with van der Waals surface area (Å²) in [5, 5.41) is 13.4. The van der Waals surface area contributed by atoms with Crippen molar-refractivity contribution in [3.8, 4) is 28.4 Å². The predicted octanol–water partition coefficient (Wildman–Crippen LogP) is 4.15. The van der Waals surface area contributed by atoms with Gasteiger partial charge in [0, 0.05) is 0 Å². The molecular formula is C18H13NO5. The second-order valence-corrected chi connectivity index (χ2v) is 5.41. The first-order chi connectivity index (χ1) is 11.7. The fraction of sp³-hybridized carbons (Fsp3) is 0.111. The van der Waals surface area contributed by atoms with Gasteiger partial charge in [-0.25, -0.2) is 0 Å². The van der Waals surface area contributed by atoms with E-state index in [2.05, 4.69) is 0 Å². The van der Waals surface area contributed by atoms with Crippen LogP contribution in [0.3, 0.4) is 0 Å². The summed E-state index contributed by atoms with van der Waals surface area (Å²) in [5.74, 6) is 1.69. The number of fused-ring (bicyclic) bond motifs is 2. The maximum Gasteiger partial charge on any atom is 0.281 e. The molecule has 0 amide bonds. The highest BCUT2D eigenvalue weighted by atomic mass is 16.7. The Balaban J connectivity index is 1.89. The number of nitrogens with zero attached hydrogens (tertiary/aromatic N) is 1. The fourth-order valence-corrected chi connectivity index (χ4v) is 2.83. The van der Waals surface area contributed by atoms with Crippen LogP contribution < -0.4 is 14.2 Å². The summed E-state index contributed by atoms with van der Waals surface area (Å²) in [5.41, 5.74) is 1.24. The van der Waals surface area contributed by atoms with E-state index in [1.807, 2.05) is 36.4 Å². The highest BCUT2D eigenvalue weighted by Gasteiger charge is 2.24. The Morgan fingerprint density at radius 2 is 1.71 bits per heavy atom. The third kappa shape index (κ3) is 2.28. The Hall–Kier alpha value is -3.28. The van der Waals surface area contributed by atoms with E-state index >= 15 is 0 Å². The minimum absolute atomic E-state index is 0.00730. The molecule has 4 rings (SSSR count). The number of hydrogen-bond acceptors (Lipinski definition) is 5. The zero-order valence-electron chi connectivity index (χ0n) is 12.8. The minimum atomic E-state index is -0.407. The molecule has 0 unspecified atom stereocenters. The van der Waals surface area contributed by atoms with Crippen LogP contribution in [0.25, 0.3) is 21.9 Å². The Morgan fingerprint density at radius 3 is 2.46 bits per heavy atom. The van der Waals surface area contributed by atoms with Gasteiger partial charge in [-0.3, -0.25) is 10.1 Å². The lowest BCUT2D eigenvalue weighted by Crippen LogP contribution is -1.93. The van der Waals surface area contributed by atoms with Crippen LogP contribution in [0.5, 0.6) is 17.2 Å². The highest BCUT2D eigenvalue weighted by Crippen LogP contribution is 2.42. The van der Waals surface area contributed by atoms with Gasteiger partial charge in [0.1, 0.15) is 5.75 Å². The van der Waals surface area contributed by atoms with E-state index < -0.39 is 4.92 Å². The average molecular weight is 323 g/mol. The Bertz CT molecular complexity index is 967. The molecule has 0 N–H and O–H groups in total. The molecule has 1 aliphatic heterocycles. The molecule has 1 heterocycles. The van der Waals surface area contributed by atoms with E-state index in [-0.39, 0.29) is 12.5 Å². The summed E-state index contributed by atoms with van der Waals surface area (Å²) in [7, 11) is 1.62. The maximum absolute atomic E-state index is 11.4. The summed E-state index contributed by atoms with van der Waals surface area (Å²) in [6, 6.07) is 14.5. The topological polar surface area (TPSA) is 70.8 Å². The Kier molecular flexibility index (Phi) is 3.23. The Morgan fingerprint density at radius 1 is 1.00 bits per heavy atom. The van der Waals surface area contributed by atoms with Gasteiger partial charge in [0.05, 0.1) is 23.7 Å². The summed E-state index contributed by atoms with van der Waals surface area (Å²) >= 11 is 0. The van der Waals surface area contributed by atoms with Crippen LogP contribution in [-0.4, -0.2) is 18.8 Å². The largest absolute Gasteiger partial charge is 0.497 e. The van der Waals surface area contributed by atoms with Gasteiger partial charge in [0.2, 0.25) is 6.79 Å².